The molecule has 0 spiro atoms. The molecule has 0 aromatic rings. The van der Waals surface area contributed by atoms with Crippen LogP contribution in [0, 0.1) is 34.5 Å². The van der Waals surface area contributed by atoms with Gasteiger partial charge in [0, 0.05) is 5.41 Å². The van der Waals surface area contributed by atoms with Gasteiger partial charge in [-0.2, -0.15) is 0 Å². The first-order valence-corrected chi connectivity index (χ1v) is 20.5. The van der Waals surface area contributed by atoms with Gasteiger partial charge in [0.05, 0.1) is 17.8 Å². The molecule has 1 N–H and O–H groups in total. The molecule has 0 bridgehead atoms. The van der Waals surface area contributed by atoms with Crippen molar-refractivity contribution < 1.29 is 14.0 Å². The first-order chi connectivity index (χ1) is 14.6. The Labute approximate surface area is 200 Å². The molecule has 0 aliphatic heterocycles. The summed E-state index contributed by atoms with van der Waals surface area (Å²) < 4.78 is 14.1. The van der Waals surface area contributed by atoms with Gasteiger partial charge in [0.25, 0.3) is 0 Å². The number of aliphatic hydroxyl groups excluding tert-OH is 1. The van der Waals surface area contributed by atoms with E-state index in [2.05, 4.69) is 60.1 Å². The number of rotatable bonds is 5. The van der Waals surface area contributed by atoms with Crippen molar-refractivity contribution in [3.05, 3.63) is 0 Å². The Hall–Kier alpha value is 0.314. The summed E-state index contributed by atoms with van der Waals surface area (Å²) in [5.74, 6) is 3.16. The lowest BCUT2D eigenvalue weighted by molar-refractivity contribution is -0.175. The molecule has 4 rings (SSSR count). The molecule has 4 aliphatic rings. The zero-order valence-corrected chi connectivity index (χ0v) is 24.6. The Balaban J connectivity index is 1.67. The van der Waals surface area contributed by atoms with Crippen LogP contribution in [0.25, 0.3) is 0 Å². The predicted octanol–water partition coefficient (Wildman–Crippen LogP) is 7.22. The summed E-state index contributed by atoms with van der Waals surface area (Å²) in [4.78, 5) is 0. The van der Waals surface area contributed by atoms with E-state index in [0.29, 0.717) is 5.41 Å². The van der Waals surface area contributed by atoms with Crippen LogP contribution in [0.1, 0.15) is 78.6 Å². The average Bonchev–Trinajstić information content (AvgIpc) is 2.93. The Morgan fingerprint density at radius 1 is 0.812 bits per heavy atom. The van der Waals surface area contributed by atoms with Crippen LogP contribution in [-0.4, -0.2) is 39.6 Å². The van der Waals surface area contributed by atoms with E-state index < -0.39 is 16.6 Å². The summed E-state index contributed by atoms with van der Waals surface area (Å²) in [5, 5.41) is 10.4. The van der Waals surface area contributed by atoms with E-state index in [4.69, 9.17) is 8.85 Å². The number of aliphatic hydroxyl groups is 1. The molecule has 32 heavy (non-hydrogen) atoms. The summed E-state index contributed by atoms with van der Waals surface area (Å²) in [5.41, 5.74) is 0.521. The highest BCUT2D eigenvalue weighted by Gasteiger charge is 2.67. The zero-order valence-electron chi connectivity index (χ0n) is 22.6. The second kappa shape index (κ2) is 8.18. The third-order valence-corrected chi connectivity index (χ3v) is 12.5. The molecule has 3 nitrogen and oxygen atoms in total. The molecule has 0 amide bonds. The van der Waals surface area contributed by atoms with E-state index in [-0.39, 0.29) is 23.2 Å². The summed E-state index contributed by atoms with van der Waals surface area (Å²) >= 11 is 0. The van der Waals surface area contributed by atoms with E-state index in [0.717, 1.165) is 36.5 Å². The maximum absolute atomic E-state index is 10.4. The molecule has 0 saturated heterocycles. The van der Waals surface area contributed by atoms with Crippen LogP contribution in [0.3, 0.4) is 0 Å². The smallest absolute Gasteiger partial charge is 0.184 e. The Morgan fingerprint density at radius 3 is 2.09 bits per heavy atom. The molecule has 4 saturated carbocycles. The van der Waals surface area contributed by atoms with Crippen LogP contribution in [0.5, 0.6) is 0 Å². The van der Waals surface area contributed by atoms with Crippen LogP contribution in [0.2, 0.25) is 39.3 Å². The van der Waals surface area contributed by atoms with E-state index >= 15 is 0 Å². The third kappa shape index (κ3) is 4.14. The number of hydrogen-bond donors (Lipinski definition) is 1. The molecule has 9 atom stereocenters. The van der Waals surface area contributed by atoms with Crippen molar-refractivity contribution >= 4 is 16.6 Å². The van der Waals surface area contributed by atoms with Gasteiger partial charge < -0.3 is 14.0 Å². The predicted molar refractivity (Wildman–Crippen MR) is 139 cm³/mol. The summed E-state index contributed by atoms with van der Waals surface area (Å²) in [6.45, 7) is 21.7. The highest BCUT2D eigenvalue weighted by atomic mass is 28.4. The molecule has 186 valence electrons. The highest BCUT2D eigenvalue weighted by Crippen LogP contribution is 2.70. The van der Waals surface area contributed by atoms with Crippen molar-refractivity contribution in [2.75, 3.05) is 0 Å². The Morgan fingerprint density at radius 2 is 1.47 bits per heavy atom. The first-order valence-electron chi connectivity index (χ1n) is 13.7. The van der Waals surface area contributed by atoms with Crippen LogP contribution in [0.15, 0.2) is 0 Å². The molecular formula is C27H52O3Si2. The lowest BCUT2D eigenvalue weighted by Gasteiger charge is -2.63. The molecular weight excluding hydrogens is 428 g/mol. The molecule has 0 aromatic heterocycles. The maximum Gasteiger partial charge on any atom is 0.184 e. The van der Waals surface area contributed by atoms with Gasteiger partial charge >= 0.3 is 0 Å². The van der Waals surface area contributed by atoms with E-state index in [1.165, 1.54) is 44.9 Å². The van der Waals surface area contributed by atoms with Gasteiger partial charge in [-0.15, -0.1) is 0 Å². The van der Waals surface area contributed by atoms with Gasteiger partial charge in [-0.25, -0.2) is 0 Å². The van der Waals surface area contributed by atoms with Crippen LogP contribution in [0.4, 0.5) is 0 Å². The van der Waals surface area contributed by atoms with Gasteiger partial charge in [-0.1, -0.05) is 13.8 Å². The lowest BCUT2D eigenvalue weighted by atomic mass is 9.44. The quantitative estimate of drug-likeness (QED) is 0.422. The Bertz CT molecular complexity index is 700. The SMILES string of the molecule is C[C@H](O[Si](C)(C)C)[C@@]1(O[Si](C)(C)C)CC[C@H]2[C@@H]3CC[C@@H]4C[C@H](O)CC[C@]4(C)[C@H]3CC[C@@]21C. The van der Waals surface area contributed by atoms with E-state index in [9.17, 15) is 5.11 Å². The molecule has 4 fully saturated rings. The van der Waals surface area contributed by atoms with E-state index in [1.54, 1.807) is 0 Å². The minimum absolute atomic E-state index is 0.0534. The van der Waals surface area contributed by atoms with Crippen molar-refractivity contribution in [1.82, 2.24) is 0 Å². The van der Waals surface area contributed by atoms with Crippen molar-refractivity contribution in [2.45, 2.75) is 136 Å². The average molecular weight is 481 g/mol. The fourth-order valence-corrected chi connectivity index (χ4v) is 12.2. The van der Waals surface area contributed by atoms with Crippen LogP contribution in [-0.2, 0) is 8.85 Å². The second-order valence-electron chi connectivity index (χ2n) is 14.6. The van der Waals surface area contributed by atoms with E-state index in [1.807, 2.05) is 0 Å². The summed E-state index contributed by atoms with van der Waals surface area (Å²) in [6, 6.07) is 0. The minimum Gasteiger partial charge on any atom is -0.412 e. The summed E-state index contributed by atoms with van der Waals surface area (Å²) in [7, 11) is -3.41. The molecule has 4 aliphatic carbocycles. The van der Waals surface area contributed by atoms with Crippen molar-refractivity contribution in [2.24, 2.45) is 34.5 Å². The normalized spacial score (nSPS) is 48.0. The standard InChI is InChI=1S/C27H52O3Si2/c1-19(29-31(4,5)6)27(30-32(7,8)9)17-14-24-22-11-10-20-18-21(28)12-15-25(20,2)23(22)13-16-26(24,27)3/h19-24,28H,10-18H2,1-9H3/t19-,20+,21+,22+,23-,24-,25-,26-,27-/m0/s1. The van der Waals surface area contributed by atoms with Gasteiger partial charge in [-0.3, -0.25) is 0 Å². The van der Waals surface area contributed by atoms with Gasteiger partial charge in [0.15, 0.2) is 16.6 Å². The maximum atomic E-state index is 10.4. The second-order valence-corrected chi connectivity index (χ2v) is 23.4. The monoisotopic (exact) mass is 480 g/mol. The van der Waals surface area contributed by atoms with Crippen molar-refractivity contribution in [3.63, 3.8) is 0 Å². The fourth-order valence-electron chi connectivity index (χ4n) is 9.36. The van der Waals surface area contributed by atoms with Crippen molar-refractivity contribution in [1.29, 1.82) is 0 Å². The molecule has 0 aromatic carbocycles. The fraction of sp³-hybridized carbons (Fsp3) is 1.00. The number of fused-ring (bicyclic) bond motifs is 5. The minimum atomic E-state index is -1.74. The Kier molecular flexibility index (Phi) is 6.49. The molecule has 5 heteroatoms. The molecule has 0 unspecified atom stereocenters. The van der Waals surface area contributed by atoms with Gasteiger partial charge in [0.1, 0.15) is 0 Å². The highest BCUT2D eigenvalue weighted by molar-refractivity contribution is 6.70. The zero-order chi connectivity index (χ0) is 23.7. The first kappa shape index (κ1) is 25.4. The van der Waals surface area contributed by atoms with Gasteiger partial charge in [0.2, 0.25) is 0 Å². The van der Waals surface area contributed by atoms with Crippen molar-refractivity contribution in [3.8, 4) is 0 Å². The largest absolute Gasteiger partial charge is 0.412 e. The third-order valence-electron chi connectivity index (χ3n) is 10.5. The molecule has 0 radical (unpaired) electrons. The van der Waals surface area contributed by atoms with Gasteiger partial charge in [-0.05, 0) is 133 Å². The van der Waals surface area contributed by atoms with Crippen LogP contribution >= 0.6 is 0 Å². The topological polar surface area (TPSA) is 38.7 Å². The van der Waals surface area contributed by atoms with Crippen LogP contribution < -0.4 is 0 Å². The number of hydrogen-bond acceptors (Lipinski definition) is 3. The molecule has 0 heterocycles. The summed E-state index contributed by atoms with van der Waals surface area (Å²) in [6.07, 6.45) is 11.2. The lowest BCUT2D eigenvalue weighted by Crippen LogP contribution is -2.63.